The number of hydrogen-bond acceptors (Lipinski definition) is 3. The predicted molar refractivity (Wildman–Crippen MR) is 94.2 cm³/mol. The predicted octanol–water partition coefficient (Wildman–Crippen LogP) is 3.95. The fourth-order valence-electron chi connectivity index (χ4n) is 2.60. The Balaban J connectivity index is 2.14. The maximum atomic E-state index is 11.7. The third-order valence-corrected chi connectivity index (χ3v) is 4.89. The molecule has 2 aromatic heterocycles. The highest BCUT2D eigenvalue weighted by Gasteiger charge is 2.13. The summed E-state index contributed by atoms with van der Waals surface area (Å²) in [6.07, 6.45) is 2.07. The van der Waals surface area contributed by atoms with Crippen LogP contribution >= 0.6 is 11.8 Å². The van der Waals surface area contributed by atoms with Crippen molar-refractivity contribution in [2.24, 2.45) is 0 Å². The zero-order valence-corrected chi connectivity index (χ0v) is 14.0. The summed E-state index contributed by atoms with van der Waals surface area (Å²) in [5, 5.41) is 1.22. The summed E-state index contributed by atoms with van der Waals surface area (Å²) in [5.41, 5.74) is 3.08. The quantitative estimate of drug-likeness (QED) is 0.527. The van der Waals surface area contributed by atoms with Crippen LogP contribution in [-0.2, 0) is 0 Å². The molecule has 114 valence electrons. The lowest BCUT2D eigenvalue weighted by Crippen LogP contribution is -2.14. The molecular formula is C18H20N2OS. The van der Waals surface area contributed by atoms with E-state index in [9.17, 15) is 4.79 Å². The molecule has 0 amide bonds. The van der Waals surface area contributed by atoms with Crippen LogP contribution in [0, 0.1) is 0 Å². The van der Waals surface area contributed by atoms with Gasteiger partial charge in [-0.3, -0.25) is 4.79 Å². The van der Waals surface area contributed by atoms with E-state index in [1.807, 2.05) is 30.0 Å². The number of pyridine rings is 1. The normalized spacial score (nSPS) is 11.6. The molecular weight excluding hydrogens is 292 g/mol. The zero-order valence-electron chi connectivity index (χ0n) is 13.2. The van der Waals surface area contributed by atoms with Crippen molar-refractivity contribution in [3.8, 4) is 0 Å². The molecule has 0 saturated carbocycles. The van der Waals surface area contributed by atoms with Crippen LogP contribution in [0.4, 0.5) is 0 Å². The number of ketones is 1. The Bertz CT molecular complexity index is 836. The number of Topliss-reactive ketones (excluding diaryl/α,β-unsaturated/α-hetero) is 1. The molecule has 4 heteroatoms. The maximum Gasteiger partial charge on any atom is 0.159 e. The van der Waals surface area contributed by atoms with Crippen LogP contribution in [0.5, 0.6) is 0 Å². The molecule has 22 heavy (non-hydrogen) atoms. The van der Waals surface area contributed by atoms with Gasteiger partial charge in [-0.15, -0.1) is 11.8 Å². The fraction of sp³-hybridized carbons (Fsp3) is 0.278. The largest absolute Gasteiger partial charge is 0.315 e. The molecule has 0 bridgehead atoms. The SMILES string of the molecule is CC(=O)c1ccc2c(SCCN(C)C)c3ccccn3c2c1. The summed E-state index contributed by atoms with van der Waals surface area (Å²) >= 11 is 1.88. The Morgan fingerprint density at radius 2 is 2.00 bits per heavy atom. The molecule has 0 fully saturated rings. The lowest BCUT2D eigenvalue weighted by molar-refractivity contribution is 0.101. The molecule has 0 aliphatic heterocycles. The molecule has 0 spiro atoms. The third kappa shape index (κ3) is 2.76. The van der Waals surface area contributed by atoms with Crippen molar-refractivity contribution >= 4 is 34.0 Å². The highest BCUT2D eigenvalue weighted by molar-refractivity contribution is 7.99. The van der Waals surface area contributed by atoms with Gasteiger partial charge in [0.05, 0.1) is 11.0 Å². The van der Waals surface area contributed by atoms with Crippen molar-refractivity contribution in [3.63, 3.8) is 0 Å². The standard InChI is InChI=1S/C18H20N2OS/c1-13(21)14-7-8-15-17(12-14)20-9-5-4-6-16(20)18(15)22-11-10-19(2)3/h4-9,12H,10-11H2,1-3H3. The van der Waals surface area contributed by atoms with Gasteiger partial charge in [0.15, 0.2) is 5.78 Å². The molecule has 3 aromatic rings. The van der Waals surface area contributed by atoms with E-state index in [0.717, 1.165) is 23.4 Å². The van der Waals surface area contributed by atoms with Gasteiger partial charge in [0.2, 0.25) is 0 Å². The molecule has 0 aliphatic carbocycles. The molecule has 0 aliphatic rings. The molecule has 0 N–H and O–H groups in total. The van der Waals surface area contributed by atoms with Gasteiger partial charge in [0, 0.05) is 34.3 Å². The van der Waals surface area contributed by atoms with Crippen LogP contribution in [0.2, 0.25) is 0 Å². The molecule has 0 atom stereocenters. The number of hydrogen-bond donors (Lipinski definition) is 0. The first kappa shape index (κ1) is 15.1. The van der Waals surface area contributed by atoms with Gasteiger partial charge in [0.25, 0.3) is 0 Å². The molecule has 3 nitrogen and oxygen atoms in total. The van der Waals surface area contributed by atoms with E-state index in [1.54, 1.807) is 6.92 Å². The fourth-order valence-corrected chi connectivity index (χ4v) is 3.90. The van der Waals surface area contributed by atoms with E-state index in [1.165, 1.54) is 15.8 Å². The smallest absolute Gasteiger partial charge is 0.159 e. The monoisotopic (exact) mass is 312 g/mol. The molecule has 3 rings (SSSR count). The highest BCUT2D eigenvalue weighted by atomic mass is 32.2. The topological polar surface area (TPSA) is 24.7 Å². The number of fused-ring (bicyclic) bond motifs is 3. The van der Waals surface area contributed by atoms with Crippen molar-refractivity contribution in [1.29, 1.82) is 0 Å². The number of carbonyl (C=O) groups excluding carboxylic acids is 1. The van der Waals surface area contributed by atoms with E-state index in [2.05, 4.69) is 47.8 Å². The second kappa shape index (κ2) is 6.15. The van der Waals surface area contributed by atoms with E-state index in [4.69, 9.17) is 0 Å². The minimum Gasteiger partial charge on any atom is -0.315 e. The van der Waals surface area contributed by atoms with E-state index < -0.39 is 0 Å². The molecule has 0 unspecified atom stereocenters. The minimum absolute atomic E-state index is 0.106. The Kier molecular flexibility index (Phi) is 4.23. The minimum atomic E-state index is 0.106. The van der Waals surface area contributed by atoms with Crippen LogP contribution in [-0.4, -0.2) is 41.5 Å². The van der Waals surface area contributed by atoms with Crippen LogP contribution in [0.1, 0.15) is 17.3 Å². The molecule has 0 saturated heterocycles. The van der Waals surface area contributed by atoms with Gasteiger partial charge >= 0.3 is 0 Å². The number of aromatic nitrogens is 1. The van der Waals surface area contributed by atoms with Crippen LogP contribution in [0.25, 0.3) is 16.4 Å². The van der Waals surface area contributed by atoms with Gasteiger partial charge in [-0.1, -0.05) is 18.2 Å². The third-order valence-electron chi connectivity index (χ3n) is 3.79. The van der Waals surface area contributed by atoms with Gasteiger partial charge in [0.1, 0.15) is 0 Å². The number of thioether (sulfide) groups is 1. The number of carbonyl (C=O) groups is 1. The zero-order chi connectivity index (χ0) is 15.7. The maximum absolute atomic E-state index is 11.7. The highest BCUT2D eigenvalue weighted by Crippen LogP contribution is 2.35. The lowest BCUT2D eigenvalue weighted by Gasteiger charge is -2.08. The van der Waals surface area contributed by atoms with Crippen molar-refractivity contribution in [1.82, 2.24) is 9.30 Å². The second-order valence-corrected chi connectivity index (χ2v) is 6.83. The number of rotatable bonds is 5. The summed E-state index contributed by atoms with van der Waals surface area (Å²) in [6, 6.07) is 12.3. The van der Waals surface area contributed by atoms with Crippen LogP contribution in [0.15, 0.2) is 47.5 Å². The number of nitrogens with zero attached hydrogens (tertiary/aromatic N) is 2. The van der Waals surface area contributed by atoms with Crippen molar-refractivity contribution in [2.75, 3.05) is 26.4 Å². The Morgan fingerprint density at radius 1 is 1.18 bits per heavy atom. The summed E-state index contributed by atoms with van der Waals surface area (Å²) in [6.45, 7) is 2.66. The van der Waals surface area contributed by atoms with Gasteiger partial charge in [-0.2, -0.15) is 0 Å². The Morgan fingerprint density at radius 3 is 2.73 bits per heavy atom. The number of benzene rings is 1. The van der Waals surface area contributed by atoms with E-state index in [0.29, 0.717) is 0 Å². The Labute approximate surface area is 134 Å². The molecule has 0 radical (unpaired) electrons. The van der Waals surface area contributed by atoms with Gasteiger partial charge in [-0.25, -0.2) is 0 Å². The van der Waals surface area contributed by atoms with Gasteiger partial charge in [-0.05, 0) is 39.2 Å². The summed E-state index contributed by atoms with van der Waals surface area (Å²) < 4.78 is 2.18. The summed E-state index contributed by atoms with van der Waals surface area (Å²) in [5.74, 6) is 1.15. The van der Waals surface area contributed by atoms with Crippen LogP contribution < -0.4 is 0 Å². The first-order chi connectivity index (χ1) is 10.6. The van der Waals surface area contributed by atoms with Crippen LogP contribution in [0.3, 0.4) is 0 Å². The molecule has 2 heterocycles. The second-order valence-electron chi connectivity index (χ2n) is 5.72. The van der Waals surface area contributed by atoms with Crippen molar-refractivity contribution < 1.29 is 4.79 Å². The lowest BCUT2D eigenvalue weighted by atomic mass is 10.1. The molecule has 1 aromatic carbocycles. The average Bonchev–Trinajstić information content (AvgIpc) is 2.81. The van der Waals surface area contributed by atoms with E-state index >= 15 is 0 Å². The van der Waals surface area contributed by atoms with Crippen molar-refractivity contribution in [3.05, 3.63) is 48.2 Å². The van der Waals surface area contributed by atoms with Crippen molar-refractivity contribution in [2.45, 2.75) is 11.8 Å². The summed E-state index contributed by atoms with van der Waals surface area (Å²) in [4.78, 5) is 15.2. The first-order valence-corrected chi connectivity index (χ1v) is 8.38. The first-order valence-electron chi connectivity index (χ1n) is 7.39. The Hall–Kier alpha value is -1.78. The van der Waals surface area contributed by atoms with E-state index in [-0.39, 0.29) is 5.78 Å². The average molecular weight is 312 g/mol. The summed E-state index contributed by atoms with van der Waals surface area (Å²) in [7, 11) is 4.19. The van der Waals surface area contributed by atoms with Gasteiger partial charge < -0.3 is 9.30 Å².